The maximum Gasteiger partial charge on any atom is 0.420 e. The van der Waals surface area contributed by atoms with Gasteiger partial charge in [-0.15, -0.1) is 0 Å². The van der Waals surface area contributed by atoms with Gasteiger partial charge in [0.2, 0.25) is 11.8 Å². The third kappa shape index (κ3) is 6.74. The van der Waals surface area contributed by atoms with Crippen LogP contribution in [-0.4, -0.2) is 83.6 Å². The van der Waals surface area contributed by atoms with Gasteiger partial charge in [-0.3, -0.25) is 14.4 Å². The number of likely N-dealkylation sites (N-methyl/N-ethyl adjacent to an activating group) is 1. The van der Waals surface area contributed by atoms with Crippen molar-refractivity contribution in [3.8, 4) is 23.0 Å². The van der Waals surface area contributed by atoms with E-state index in [1.54, 1.807) is 43.6 Å². The normalized spacial score (nSPS) is 19.6. The van der Waals surface area contributed by atoms with Gasteiger partial charge < -0.3 is 24.2 Å². The molecule has 0 saturated heterocycles. The average Bonchev–Trinajstić information content (AvgIpc) is 3.45. The molecule has 4 aromatic rings. The maximum absolute atomic E-state index is 12.9. The average molecular weight is 674 g/mol. The third-order valence-corrected chi connectivity index (χ3v) is 9.64. The smallest absolute Gasteiger partial charge is 0.420 e. The highest BCUT2D eigenvalue weighted by atomic mass is 16.5. The molecule has 1 aliphatic carbocycles. The summed E-state index contributed by atoms with van der Waals surface area (Å²) in [5.74, 6) is 1.21. The molecule has 7 rings (SSSR count). The van der Waals surface area contributed by atoms with Crippen molar-refractivity contribution in [1.82, 2.24) is 4.90 Å². The summed E-state index contributed by atoms with van der Waals surface area (Å²) in [5, 5.41) is 10.0. The largest absolute Gasteiger partial charge is 0.508 e. The predicted molar refractivity (Wildman–Crippen MR) is 184 cm³/mol. The zero-order valence-corrected chi connectivity index (χ0v) is 27.6. The van der Waals surface area contributed by atoms with Crippen LogP contribution in [0, 0.1) is 0 Å². The van der Waals surface area contributed by atoms with Crippen molar-refractivity contribution >= 4 is 29.6 Å². The molecule has 2 aliphatic heterocycles. The Labute approximate surface area is 289 Å². The van der Waals surface area contributed by atoms with Gasteiger partial charge >= 0.3 is 5.91 Å². The molecule has 50 heavy (non-hydrogen) atoms. The number of hydrogen-bond donors (Lipinski definition) is 1. The lowest BCUT2D eigenvalue weighted by atomic mass is 9.76. The molecule has 1 saturated carbocycles. The first kappa shape index (κ1) is 32.8. The van der Waals surface area contributed by atoms with Crippen LogP contribution < -0.4 is 14.2 Å². The zero-order chi connectivity index (χ0) is 34.8. The van der Waals surface area contributed by atoms with E-state index in [1.165, 1.54) is 15.0 Å². The first-order chi connectivity index (χ1) is 24.2. The minimum absolute atomic E-state index is 0.0237. The van der Waals surface area contributed by atoms with Crippen LogP contribution in [-0.2, 0) is 14.4 Å². The SMILES string of the molecule is CN(CCOc1ccc([C@@H]2c3ccc(O)cc3OC[C@@H]2c2ccccc2)cc1)C(=O)COc1ccc2c(c1)C=[N+](C1CCC(=O)CC1=O)C2=O. The van der Waals surface area contributed by atoms with Gasteiger partial charge in [-0.1, -0.05) is 48.5 Å². The number of phenolic OH excluding ortho intramolecular Hbond substituents is 1. The number of nitrogens with zero attached hydrogens (tertiary/aromatic N) is 2. The van der Waals surface area contributed by atoms with E-state index in [4.69, 9.17) is 14.2 Å². The number of carbonyl (C=O) groups is 4. The summed E-state index contributed by atoms with van der Waals surface area (Å²) in [7, 11) is 1.68. The Morgan fingerprint density at radius 3 is 2.48 bits per heavy atom. The molecule has 2 heterocycles. The molecule has 0 bridgehead atoms. The second-order valence-corrected chi connectivity index (χ2v) is 12.9. The quantitative estimate of drug-likeness (QED) is 0.187. The van der Waals surface area contributed by atoms with E-state index in [-0.39, 0.29) is 67.0 Å². The van der Waals surface area contributed by atoms with E-state index >= 15 is 0 Å². The van der Waals surface area contributed by atoms with Crippen molar-refractivity contribution in [3.63, 3.8) is 0 Å². The standard InChI is InChI=1S/C40H36N2O8/c1-41(38(46)24-49-31-13-15-32-27(19-31)22-42(40(32)47)35-16-10-28(43)20-36(35)45)17-18-48-30-11-7-26(8-12-30)39-33-14-9-29(44)21-37(33)50-23-34(39)25-5-3-2-4-6-25/h2-9,11-15,19,21-22,34-35,39H,10,16-18,20,23-24H2,1H3/p+1/t34-,35?,39-/m1/s1. The number of benzene rings is 4. The van der Waals surface area contributed by atoms with Crippen LogP contribution in [0.15, 0.2) is 91.0 Å². The van der Waals surface area contributed by atoms with Crippen molar-refractivity contribution in [2.75, 3.05) is 33.4 Å². The summed E-state index contributed by atoms with van der Waals surface area (Å²) in [4.78, 5) is 51.3. The highest BCUT2D eigenvalue weighted by Crippen LogP contribution is 2.47. The fourth-order valence-corrected chi connectivity index (χ4v) is 6.91. The van der Waals surface area contributed by atoms with Gasteiger partial charge in [0.05, 0.1) is 25.1 Å². The van der Waals surface area contributed by atoms with E-state index in [9.17, 15) is 24.3 Å². The Kier molecular flexibility index (Phi) is 9.17. The molecule has 3 aliphatic rings. The van der Waals surface area contributed by atoms with Crippen LogP contribution in [0.3, 0.4) is 0 Å². The monoisotopic (exact) mass is 673 g/mol. The number of ketones is 2. The molecule has 10 nitrogen and oxygen atoms in total. The number of aromatic hydroxyl groups is 1. The molecule has 2 amide bonds. The number of ether oxygens (including phenoxy) is 3. The molecule has 4 aromatic carbocycles. The van der Waals surface area contributed by atoms with E-state index < -0.39 is 6.04 Å². The summed E-state index contributed by atoms with van der Waals surface area (Å²) in [6, 6.07) is 27.8. The summed E-state index contributed by atoms with van der Waals surface area (Å²) in [6.07, 6.45) is 2.08. The van der Waals surface area contributed by atoms with Crippen LogP contribution in [0.1, 0.15) is 63.7 Å². The second kappa shape index (κ2) is 14.0. The molecule has 3 atom stereocenters. The van der Waals surface area contributed by atoms with Gasteiger partial charge in [0.25, 0.3) is 5.91 Å². The van der Waals surface area contributed by atoms with E-state index in [1.807, 2.05) is 36.4 Å². The number of phenols is 1. The highest BCUT2D eigenvalue weighted by molar-refractivity contribution is 6.08. The number of rotatable bonds is 10. The van der Waals surface area contributed by atoms with Crippen molar-refractivity contribution in [1.29, 1.82) is 0 Å². The lowest BCUT2D eigenvalue weighted by Gasteiger charge is -2.34. The molecule has 1 unspecified atom stereocenters. The third-order valence-electron chi connectivity index (χ3n) is 9.64. The van der Waals surface area contributed by atoms with Gasteiger partial charge in [0, 0.05) is 43.4 Å². The van der Waals surface area contributed by atoms with Crippen molar-refractivity contribution < 1.29 is 43.1 Å². The Morgan fingerprint density at radius 1 is 0.920 bits per heavy atom. The molecule has 0 spiro atoms. The van der Waals surface area contributed by atoms with Gasteiger partial charge in [0.1, 0.15) is 41.0 Å². The Morgan fingerprint density at radius 2 is 1.70 bits per heavy atom. The van der Waals surface area contributed by atoms with Crippen LogP contribution in [0.4, 0.5) is 0 Å². The lowest BCUT2D eigenvalue weighted by molar-refractivity contribution is -0.451. The van der Waals surface area contributed by atoms with Crippen LogP contribution in [0.5, 0.6) is 23.0 Å². The molecular weight excluding hydrogens is 636 g/mol. The first-order valence-electron chi connectivity index (χ1n) is 16.7. The topological polar surface area (TPSA) is 122 Å². The molecule has 254 valence electrons. The lowest BCUT2D eigenvalue weighted by Crippen LogP contribution is -2.40. The predicted octanol–water partition coefficient (Wildman–Crippen LogP) is 4.89. The van der Waals surface area contributed by atoms with Crippen molar-refractivity contribution in [3.05, 3.63) is 119 Å². The second-order valence-electron chi connectivity index (χ2n) is 12.9. The summed E-state index contributed by atoms with van der Waals surface area (Å²) in [6.45, 7) is 0.919. The van der Waals surface area contributed by atoms with Crippen molar-refractivity contribution in [2.24, 2.45) is 0 Å². The molecule has 10 heteroatoms. The number of Topliss-reactive ketones (excluding diaryl/α,β-unsaturated/α-hetero) is 2. The Balaban J connectivity index is 0.931. The summed E-state index contributed by atoms with van der Waals surface area (Å²) >= 11 is 0. The molecule has 0 radical (unpaired) electrons. The fraction of sp³-hybridized carbons (Fsp3) is 0.275. The number of carbonyl (C=O) groups excluding carboxylic acids is 4. The van der Waals surface area contributed by atoms with Crippen LogP contribution >= 0.6 is 0 Å². The number of fused-ring (bicyclic) bond motifs is 2. The minimum atomic E-state index is -0.639. The van der Waals surface area contributed by atoms with Crippen LogP contribution in [0.2, 0.25) is 0 Å². The van der Waals surface area contributed by atoms with Crippen molar-refractivity contribution in [2.45, 2.75) is 37.1 Å². The van der Waals surface area contributed by atoms with E-state index in [2.05, 4.69) is 24.3 Å². The maximum atomic E-state index is 12.9. The zero-order valence-electron chi connectivity index (χ0n) is 27.6. The summed E-state index contributed by atoms with van der Waals surface area (Å²) < 4.78 is 19.2. The molecule has 0 aromatic heterocycles. The first-order valence-corrected chi connectivity index (χ1v) is 16.7. The van der Waals surface area contributed by atoms with E-state index in [0.717, 1.165) is 11.1 Å². The van der Waals surface area contributed by atoms with Gasteiger partial charge in [0.15, 0.2) is 12.8 Å². The van der Waals surface area contributed by atoms with Crippen LogP contribution in [0.25, 0.3) is 0 Å². The number of amides is 2. The molecular formula is C40H37N2O8+. The van der Waals surface area contributed by atoms with E-state index in [0.29, 0.717) is 47.9 Å². The Bertz CT molecular complexity index is 1990. The van der Waals surface area contributed by atoms with Gasteiger partial charge in [-0.05, 0) is 47.5 Å². The molecule has 1 N–H and O–H groups in total. The Hall–Kier alpha value is -5.77. The number of hydrogen-bond acceptors (Lipinski definition) is 8. The highest BCUT2D eigenvalue weighted by Gasteiger charge is 2.43. The van der Waals surface area contributed by atoms with Gasteiger partial charge in [-0.25, -0.2) is 4.79 Å². The van der Waals surface area contributed by atoms with Gasteiger partial charge in [-0.2, -0.15) is 4.58 Å². The molecule has 1 fully saturated rings. The summed E-state index contributed by atoms with van der Waals surface area (Å²) in [5.41, 5.74) is 4.35. The fourth-order valence-electron chi connectivity index (χ4n) is 6.91. The minimum Gasteiger partial charge on any atom is -0.508 e.